The average molecular weight is 357 g/mol. The van der Waals surface area contributed by atoms with Gasteiger partial charge in [-0.15, -0.1) is 0 Å². The van der Waals surface area contributed by atoms with Crippen LogP contribution in [0, 0.1) is 0 Å². The number of hydrogen-bond acceptors (Lipinski definition) is 5. The number of aliphatic hydroxyl groups excluding tert-OH is 1. The fourth-order valence-electron chi connectivity index (χ4n) is 2.80. The molecule has 6 nitrogen and oxygen atoms in total. The van der Waals surface area contributed by atoms with E-state index in [2.05, 4.69) is 5.32 Å². The molecule has 1 unspecified atom stereocenters. The third-order valence-corrected chi connectivity index (χ3v) is 4.24. The molecule has 0 saturated heterocycles. The highest BCUT2D eigenvalue weighted by Crippen LogP contribution is 2.33. The molecule has 0 aromatic heterocycles. The van der Waals surface area contributed by atoms with Crippen molar-refractivity contribution in [3.8, 4) is 11.5 Å². The van der Waals surface area contributed by atoms with Crippen molar-refractivity contribution < 1.29 is 24.1 Å². The van der Waals surface area contributed by atoms with Crippen LogP contribution < -0.4 is 14.8 Å². The second-order valence-electron chi connectivity index (χ2n) is 6.07. The number of carbonyl (C=O) groups is 1. The van der Waals surface area contributed by atoms with Crippen molar-refractivity contribution in [3.63, 3.8) is 0 Å². The Morgan fingerprint density at radius 3 is 2.62 bits per heavy atom. The summed E-state index contributed by atoms with van der Waals surface area (Å²) in [4.78, 5) is 12.1. The largest absolute Gasteiger partial charge is 0.486 e. The van der Waals surface area contributed by atoms with Gasteiger partial charge in [-0.2, -0.15) is 0 Å². The number of fused-ring (bicyclic) bond motifs is 1. The second kappa shape index (κ2) is 8.58. The monoisotopic (exact) mass is 357 g/mol. The molecule has 1 aliphatic rings. The molecular formula is C20H23NO5. The number of ether oxygens (including phenoxy) is 3. The van der Waals surface area contributed by atoms with Gasteiger partial charge in [-0.3, -0.25) is 0 Å². The van der Waals surface area contributed by atoms with Crippen LogP contribution in [0.5, 0.6) is 11.5 Å². The molecule has 0 aliphatic carbocycles. The lowest BCUT2D eigenvalue weighted by molar-refractivity contribution is 0.0996. The van der Waals surface area contributed by atoms with Gasteiger partial charge in [0.25, 0.3) is 0 Å². The molecule has 0 saturated carbocycles. The van der Waals surface area contributed by atoms with Crippen LogP contribution in [0.25, 0.3) is 0 Å². The minimum Gasteiger partial charge on any atom is -0.486 e. The van der Waals surface area contributed by atoms with Crippen molar-refractivity contribution in [3.05, 3.63) is 59.7 Å². The number of alkyl carbamates (subject to hydrolysis) is 1. The van der Waals surface area contributed by atoms with Crippen LogP contribution in [0.4, 0.5) is 4.79 Å². The molecule has 1 aliphatic heterocycles. The van der Waals surface area contributed by atoms with Crippen molar-refractivity contribution in [2.75, 3.05) is 13.2 Å². The van der Waals surface area contributed by atoms with E-state index in [0.717, 1.165) is 5.56 Å². The van der Waals surface area contributed by atoms with Crippen molar-refractivity contribution >= 4 is 6.09 Å². The quantitative estimate of drug-likeness (QED) is 0.830. The zero-order valence-corrected chi connectivity index (χ0v) is 14.7. The van der Waals surface area contributed by atoms with E-state index >= 15 is 0 Å². The van der Waals surface area contributed by atoms with Crippen LogP contribution >= 0.6 is 0 Å². The van der Waals surface area contributed by atoms with Crippen LogP contribution in [0.2, 0.25) is 0 Å². The fraction of sp³-hybridized carbons (Fsp3) is 0.350. The van der Waals surface area contributed by atoms with Crippen LogP contribution in [-0.4, -0.2) is 30.5 Å². The Morgan fingerprint density at radius 2 is 1.88 bits per heavy atom. The molecule has 2 aromatic carbocycles. The normalized spacial score (nSPS) is 15.0. The molecule has 2 N–H and O–H groups in total. The Morgan fingerprint density at radius 1 is 1.15 bits per heavy atom. The van der Waals surface area contributed by atoms with E-state index in [-0.39, 0.29) is 6.61 Å². The highest BCUT2D eigenvalue weighted by Gasteiger charge is 2.24. The average Bonchev–Trinajstić information content (AvgIpc) is 2.70. The van der Waals surface area contributed by atoms with E-state index in [1.165, 1.54) is 0 Å². The summed E-state index contributed by atoms with van der Waals surface area (Å²) >= 11 is 0. The van der Waals surface area contributed by atoms with Gasteiger partial charge in [0.05, 0.1) is 12.1 Å². The Labute approximate surface area is 152 Å². The van der Waals surface area contributed by atoms with Gasteiger partial charge in [-0.05, 0) is 29.7 Å². The lowest BCUT2D eigenvalue weighted by Gasteiger charge is -2.25. The highest BCUT2D eigenvalue weighted by molar-refractivity contribution is 5.67. The molecule has 1 heterocycles. The zero-order valence-electron chi connectivity index (χ0n) is 14.7. The first kappa shape index (κ1) is 18.1. The Balaban J connectivity index is 1.59. The highest BCUT2D eigenvalue weighted by atomic mass is 16.6. The first-order chi connectivity index (χ1) is 12.7. The maximum absolute atomic E-state index is 12.1. The van der Waals surface area contributed by atoms with E-state index in [0.29, 0.717) is 36.7 Å². The van der Waals surface area contributed by atoms with Crippen molar-refractivity contribution in [2.45, 2.75) is 32.1 Å². The standard InChI is InChI=1S/C20H23NO5/c1-2-16(21-20(23)26-13-14-6-4-3-5-7-14)19(22)15-8-9-17-18(12-15)25-11-10-24-17/h3-9,12,16,19,22H,2,10-11,13H2,1H3,(H,21,23)/t16-,19?/m1/s1. The SMILES string of the molecule is CC[C@@H](NC(=O)OCc1ccccc1)C(O)c1ccc2c(c1)OCCO2. The zero-order chi connectivity index (χ0) is 18.4. The molecule has 2 aromatic rings. The van der Waals surface area contributed by atoms with E-state index < -0.39 is 18.2 Å². The van der Waals surface area contributed by atoms with E-state index in [4.69, 9.17) is 14.2 Å². The summed E-state index contributed by atoms with van der Waals surface area (Å²) in [6.07, 6.45) is -0.881. The van der Waals surface area contributed by atoms with E-state index in [9.17, 15) is 9.90 Å². The number of rotatable bonds is 6. The first-order valence-electron chi connectivity index (χ1n) is 8.72. The maximum Gasteiger partial charge on any atom is 0.407 e. The molecule has 0 spiro atoms. The summed E-state index contributed by atoms with van der Waals surface area (Å²) in [5.74, 6) is 1.27. The van der Waals surface area contributed by atoms with Gasteiger partial charge < -0.3 is 24.6 Å². The third kappa shape index (κ3) is 4.46. The molecule has 0 bridgehead atoms. The lowest BCUT2D eigenvalue weighted by Crippen LogP contribution is -2.39. The van der Waals surface area contributed by atoms with Gasteiger partial charge in [-0.25, -0.2) is 4.79 Å². The van der Waals surface area contributed by atoms with E-state index in [1.54, 1.807) is 18.2 Å². The smallest absolute Gasteiger partial charge is 0.407 e. The Hall–Kier alpha value is -2.73. The number of carbonyl (C=O) groups excluding carboxylic acids is 1. The summed E-state index contributed by atoms with van der Waals surface area (Å²) in [5, 5.41) is 13.4. The first-order valence-corrected chi connectivity index (χ1v) is 8.72. The molecule has 26 heavy (non-hydrogen) atoms. The lowest BCUT2D eigenvalue weighted by atomic mass is 10.00. The van der Waals surface area contributed by atoms with Crippen molar-refractivity contribution in [1.82, 2.24) is 5.32 Å². The topological polar surface area (TPSA) is 77.0 Å². The van der Waals surface area contributed by atoms with Gasteiger partial charge in [0.2, 0.25) is 0 Å². The molecule has 1 amide bonds. The van der Waals surface area contributed by atoms with Crippen LogP contribution in [0.15, 0.2) is 48.5 Å². The minimum atomic E-state index is -0.875. The Kier molecular flexibility index (Phi) is 5.96. The van der Waals surface area contributed by atoms with Crippen molar-refractivity contribution in [1.29, 1.82) is 0 Å². The number of benzene rings is 2. The van der Waals surface area contributed by atoms with Gasteiger partial charge in [0.15, 0.2) is 11.5 Å². The molecule has 2 atom stereocenters. The predicted octanol–water partition coefficient (Wildman–Crippen LogP) is 3.20. The molecule has 0 fully saturated rings. The summed E-state index contributed by atoms with van der Waals surface area (Å²) in [5.41, 5.74) is 1.56. The van der Waals surface area contributed by atoms with Crippen LogP contribution in [0.1, 0.15) is 30.6 Å². The third-order valence-electron chi connectivity index (χ3n) is 4.24. The van der Waals surface area contributed by atoms with Gasteiger partial charge in [0.1, 0.15) is 19.8 Å². The van der Waals surface area contributed by atoms with Gasteiger partial charge >= 0.3 is 6.09 Å². The molecular weight excluding hydrogens is 334 g/mol. The molecule has 6 heteroatoms. The number of aliphatic hydroxyl groups is 1. The second-order valence-corrected chi connectivity index (χ2v) is 6.07. The summed E-state index contributed by atoms with van der Waals surface area (Å²) in [6, 6.07) is 14.3. The summed E-state index contributed by atoms with van der Waals surface area (Å²) < 4.78 is 16.3. The summed E-state index contributed by atoms with van der Waals surface area (Å²) in [7, 11) is 0. The van der Waals surface area contributed by atoms with Gasteiger partial charge in [-0.1, -0.05) is 43.3 Å². The Bertz CT molecular complexity index is 734. The van der Waals surface area contributed by atoms with Crippen molar-refractivity contribution in [2.24, 2.45) is 0 Å². The molecule has 138 valence electrons. The molecule has 0 radical (unpaired) electrons. The number of hydrogen-bond donors (Lipinski definition) is 2. The summed E-state index contributed by atoms with van der Waals surface area (Å²) in [6.45, 7) is 3.07. The van der Waals surface area contributed by atoms with Crippen LogP contribution in [-0.2, 0) is 11.3 Å². The number of nitrogens with one attached hydrogen (secondary N) is 1. The van der Waals surface area contributed by atoms with Crippen LogP contribution in [0.3, 0.4) is 0 Å². The minimum absolute atomic E-state index is 0.184. The van der Waals surface area contributed by atoms with E-state index in [1.807, 2.05) is 37.3 Å². The predicted molar refractivity (Wildman–Crippen MR) is 96.2 cm³/mol. The fourth-order valence-corrected chi connectivity index (χ4v) is 2.80. The van der Waals surface area contributed by atoms with Gasteiger partial charge in [0, 0.05) is 0 Å². The number of amides is 1. The maximum atomic E-state index is 12.1. The molecule has 3 rings (SSSR count).